The molecule has 0 heterocycles. The van der Waals surface area contributed by atoms with Crippen LogP contribution >= 0.6 is 11.6 Å². The molecule has 0 aliphatic carbocycles. The average Bonchev–Trinajstić information content (AvgIpc) is 2.79. The van der Waals surface area contributed by atoms with Gasteiger partial charge in [0.1, 0.15) is 6.04 Å². The third-order valence-corrected chi connectivity index (χ3v) is 7.01. The number of carbonyl (C=O) groups excluding carboxylic acids is 2. The van der Waals surface area contributed by atoms with E-state index in [2.05, 4.69) is 5.32 Å². The Hall–Kier alpha value is -3.16. The summed E-state index contributed by atoms with van der Waals surface area (Å²) in [6.45, 7) is 5.55. The number of hydrogen-bond acceptors (Lipinski definition) is 4. The maximum absolute atomic E-state index is 13.4. The molecule has 6 nitrogen and oxygen atoms in total. The number of sulfonamides is 1. The van der Waals surface area contributed by atoms with Gasteiger partial charge in [-0.25, -0.2) is 8.42 Å². The zero-order valence-corrected chi connectivity index (χ0v) is 21.1. The van der Waals surface area contributed by atoms with Gasteiger partial charge in [-0.15, -0.1) is 0 Å². The van der Waals surface area contributed by atoms with E-state index in [1.54, 1.807) is 61.5 Å². The van der Waals surface area contributed by atoms with Gasteiger partial charge in [-0.2, -0.15) is 0 Å². The summed E-state index contributed by atoms with van der Waals surface area (Å²) < 4.78 is 26.7. The highest BCUT2D eigenvalue weighted by molar-refractivity contribution is 7.92. The quantitative estimate of drug-likeness (QED) is 0.423. The number of nitrogens with one attached hydrogen (secondary N) is 1. The van der Waals surface area contributed by atoms with Crippen LogP contribution in [0.2, 0.25) is 5.02 Å². The first-order chi connectivity index (χ1) is 16.0. The minimum atomic E-state index is -3.79. The number of aryl methyl sites for hydroxylation is 2. The Kier molecular flexibility index (Phi) is 7.79. The lowest BCUT2D eigenvalue weighted by molar-refractivity contribution is -0.117. The van der Waals surface area contributed by atoms with E-state index in [9.17, 15) is 18.0 Å². The van der Waals surface area contributed by atoms with Gasteiger partial charge in [-0.3, -0.25) is 13.9 Å². The maximum atomic E-state index is 13.4. The topological polar surface area (TPSA) is 83.6 Å². The molecule has 0 saturated carbocycles. The zero-order valence-electron chi connectivity index (χ0n) is 19.5. The van der Waals surface area contributed by atoms with Gasteiger partial charge in [-0.1, -0.05) is 54.9 Å². The average molecular weight is 499 g/mol. The van der Waals surface area contributed by atoms with Crippen LogP contribution < -0.4 is 9.62 Å². The van der Waals surface area contributed by atoms with Gasteiger partial charge in [0, 0.05) is 16.1 Å². The zero-order chi connectivity index (χ0) is 25.0. The molecule has 0 bridgehead atoms. The van der Waals surface area contributed by atoms with Crippen LogP contribution in [0.4, 0.5) is 11.4 Å². The smallest absolute Gasteiger partial charge is 0.248 e. The summed E-state index contributed by atoms with van der Waals surface area (Å²) in [5.41, 5.74) is 3.26. The minimum Gasteiger partial charge on any atom is -0.324 e. The Morgan fingerprint density at radius 2 is 1.65 bits per heavy atom. The highest BCUT2D eigenvalue weighted by atomic mass is 35.5. The molecule has 1 N–H and O–H groups in total. The summed E-state index contributed by atoms with van der Waals surface area (Å²) in [6, 6.07) is 17.5. The molecule has 3 aromatic carbocycles. The standard InChI is InChI=1S/C26H27ClN2O4S/c1-5-24(29(34(4,32)33)21-13-11-17(2)18(3)15-21)26(31)28-23-14-12-20(27)16-22(23)25(30)19-9-7-6-8-10-19/h6-16,24H,5H2,1-4H3,(H,28,31)/t24-/m0/s1. The molecule has 0 aromatic heterocycles. The Bertz CT molecular complexity index is 1320. The monoisotopic (exact) mass is 498 g/mol. The lowest BCUT2D eigenvalue weighted by atomic mass is 10.0. The minimum absolute atomic E-state index is 0.221. The van der Waals surface area contributed by atoms with Crippen molar-refractivity contribution in [1.82, 2.24) is 0 Å². The Morgan fingerprint density at radius 1 is 0.971 bits per heavy atom. The molecule has 0 aliphatic heterocycles. The second kappa shape index (κ2) is 10.4. The largest absolute Gasteiger partial charge is 0.324 e. The number of rotatable bonds is 8. The number of carbonyl (C=O) groups is 2. The lowest BCUT2D eigenvalue weighted by Gasteiger charge is -2.30. The molecule has 0 spiro atoms. The molecule has 8 heteroatoms. The van der Waals surface area contributed by atoms with Crippen molar-refractivity contribution < 1.29 is 18.0 Å². The molecular formula is C26H27ClN2O4S. The first-order valence-electron chi connectivity index (χ1n) is 10.8. The Morgan fingerprint density at radius 3 is 2.24 bits per heavy atom. The van der Waals surface area contributed by atoms with E-state index in [4.69, 9.17) is 11.6 Å². The van der Waals surface area contributed by atoms with Gasteiger partial charge in [0.05, 0.1) is 17.6 Å². The summed E-state index contributed by atoms with van der Waals surface area (Å²) in [7, 11) is -3.79. The fourth-order valence-electron chi connectivity index (χ4n) is 3.70. The molecular weight excluding hydrogens is 472 g/mol. The predicted molar refractivity (Wildman–Crippen MR) is 137 cm³/mol. The SMILES string of the molecule is CC[C@@H](C(=O)Nc1ccc(Cl)cc1C(=O)c1ccccc1)N(c1ccc(C)c(C)c1)S(C)(=O)=O. The van der Waals surface area contributed by atoms with Crippen molar-refractivity contribution in [3.8, 4) is 0 Å². The van der Waals surface area contributed by atoms with Crippen LogP contribution in [-0.2, 0) is 14.8 Å². The molecule has 0 radical (unpaired) electrons. The lowest BCUT2D eigenvalue weighted by Crippen LogP contribution is -2.47. The normalized spacial score (nSPS) is 12.1. The third-order valence-electron chi connectivity index (χ3n) is 5.59. The maximum Gasteiger partial charge on any atom is 0.248 e. The number of hydrogen-bond donors (Lipinski definition) is 1. The van der Waals surface area contributed by atoms with Gasteiger partial charge in [-0.05, 0) is 61.7 Å². The van der Waals surface area contributed by atoms with Crippen LogP contribution in [0.5, 0.6) is 0 Å². The molecule has 1 atom stereocenters. The van der Waals surface area contributed by atoms with Crippen LogP contribution in [0, 0.1) is 13.8 Å². The Balaban J connectivity index is 2.00. The first kappa shape index (κ1) is 25.5. The Labute approximate surface area is 205 Å². The van der Waals surface area contributed by atoms with Gasteiger partial charge >= 0.3 is 0 Å². The fourth-order valence-corrected chi connectivity index (χ4v) is 5.07. The van der Waals surface area contributed by atoms with Crippen LogP contribution in [0.1, 0.15) is 40.4 Å². The molecule has 0 fully saturated rings. The van der Waals surface area contributed by atoms with E-state index in [1.807, 2.05) is 19.9 Å². The summed E-state index contributed by atoms with van der Waals surface area (Å²) in [5.74, 6) is -0.851. The first-order valence-corrected chi connectivity index (χ1v) is 13.0. The van der Waals surface area contributed by atoms with E-state index in [0.29, 0.717) is 16.3 Å². The van der Waals surface area contributed by atoms with Gasteiger partial charge in [0.2, 0.25) is 15.9 Å². The van der Waals surface area contributed by atoms with Gasteiger partial charge < -0.3 is 5.32 Å². The van der Waals surface area contributed by atoms with Crippen molar-refractivity contribution in [2.45, 2.75) is 33.2 Å². The molecule has 0 saturated heterocycles. The van der Waals surface area contributed by atoms with Crippen molar-refractivity contribution >= 4 is 44.7 Å². The van der Waals surface area contributed by atoms with Gasteiger partial charge in [0.15, 0.2) is 5.78 Å². The molecule has 0 aliphatic rings. The van der Waals surface area contributed by atoms with Crippen LogP contribution in [0.15, 0.2) is 66.7 Å². The van der Waals surface area contributed by atoms with E-state index in [1.165, 1.54) is 6.07 Å². The highest BCUT2D eigenvalue weighted by Gasteiger charge is 2.32. The number of halogens is 1. The summed E-state index contributed by atoms with van der Waals surface area (Å²) >= 11 is 6.14. The number of ketones is 1. The molecule has 178 valence electrons. The highest BCUT2D eigenvalue weighted by Crippen LogP contribution is 2.28. The van der Waals surface area contributed by atoms with E-state index < -0.39 is 22.0 Å². The van der Waals surface area contributed by atoms with Crippen molar-refractivity contribution in [2.75, 3.05) is 15.9 Å². The van der Waals surface area contributed by atoms with Crippen molar-refractivity contribution in [3.63, 3.8) is 0 Å². The van der Waals surface area contributed by atoms with E-state index >= 15 is 0 Å². The predicted octanol–water partition coefficient (Wildman–Crippen LogP) is 5.37. The van der Waals surface area contributed by atoms with Gasteiger partial charge in [0.25, 0.3) is 0 Å². The summed E-state index contributed by atoms with van der Waals surface area (Å²) in [6.07, 6.45) is 1.30. The number of nitrogens with zero attached hydrogens (tertiary/aromatic N) is 1. The summed E-state index contributed by atoms with van der Waals surface area (Å²) in [4.78, 5) is 26.5. The molecule has 1 amide bonds. The van der Waals surface area contributed by atoms with E-state index in [-0.39, 0.29) is 23.5 Å². The molecule has 34 heavy (non-hydrogen) atoms. The number of anilines is 2. The van der Waals surface area contributed by atoms with Crippen LogP contribution in [0.3, 0.4) is 0 Å². The van der Waals surface area contributed by atoms with Crippen molar-refractivity contribution in [3.05, 3.63) is 94.0 Å². The van der Waals surface area contributed by atoms with Crippen LogP contribution in [-0.4, -0.2) is 32.4 Å². The van der Waals surface area contributed by atoms with Crippen LogP contribution in [0.25, 0.3) is 0 Å². The number of benzene rings is 3. The van der Waals surface area contributed by atoms with E-state index in [0.717, 1.165) is 21.7 Å². The molecule has 0 unspecified atom stereocenters. The summed E-state index contributed by atoms with van der Waals surface area (Å²) in [5, 5.41) is 3.11. The second-order valence-electron chi connectivity index (χ2n) is 8.13. The molecule has 3 rings (SSSR count). The molecule has 3 aromatic rings. The fraction of sp³-hybridized carbons (Fsp3) is 0.231. The van der Waals surface area contributed by atoms with Crippen molar-refractivity contribution in [2.24, 2.45) is 0 Å². The third kappa shape index (κ3) is 5.66. The number of amides is 1. The second-order valence-corrected chi connectivity index (χ2v) is 10.4. The van der Waals surface area contributed by atoms with Crippen molar-refractivity contribution in [1.29, 1.82) is 0 Å².